The number of rotatable bonds is 2. The highest BCUT2D eigenvalue weighted by Crippen LogP contribution is 2.49. The SMILES string of the molecule is CC1(C)CCC2(C1)OCCNC2CC1CCOC1. The van der Waals surface area contributed by atoms with Crippen molar-refractivity contribution in [1.29, 1.82) is 0 Å². The Morgan fingerprint density at radius 1 is 1.22 bits per heavy atom. The Morgan fingerprint density at radius 3 is 2.78 bits per heavy atom. The molecule has 3 heteroatoms. The van der Waals surface area contributed by atoms with Crippen molar-refractivity contribution in [2.24, 2.45) is 11.3 Å². The quantitative estimate of drug-likeness (QED) is 0.819. The van der Waals surface area contributed by atoms with Gasteiger partial charge in [-0.2, -0.15) is 0 Å². The second-order valence-electron chi connectivity index (χ2n) is 7.23. The molecule has 3 unspecified atom stereocenters. The van der Waals surface area contributed by atoms with E-state index in [2.05, 4.69) is 19.2 Å². The summed E-state index contributed by atoms with van der Waals surface area (Å²) in [6.45, 7) is 8.58. The van der Waals surface area contributed by atoms with E-state index in [1.165, 1.54) is 32.1 Å². The van der Waals surface area contributed by atoms with Crippen molar-refractivity contribution < 1.29 is 9.47 Å². The molecule has 3 atom stereocenters. The fourth-order valence-electron chi connectivity index (χ4n) is 4.13. The van der Waals surface area contributed by atoms with E-state index < -0.39 is 0 Å². The first kappa shape index (κ1) is 12.9. The van der Waals surface area contributed by atoms with E-state index in [1.807, 2.05) is 0 Å². The number of ether oxygens (including phenoxy) is 2. The molecule has 2 saturated heterocycles. The Kier molecular flexibility index (Phi) is 3.41. The standard InChI is InChI=1S/C15H27NO2/c1-14(2)4-5-15(11-14)13(16-6-8-18-15)9-12-3-7-17-10-12/h12-13,16H,3-11H2,1-2H3. The molecule has 0 aromatic heterocycles. The fourth-order valence-corrected chi connectivity index (χ4v) is 4.13. The van der Waals surface area contributed by atoms with Crippen LogP contribution in [-0.2, 0) is 9.47 Å². The summed E-state index contributed by atoms with van der Waals surface area (Å²) in [6.07, 6.45) is 6.20. The molecule has 3 aliphatic rings. The average molecular weight is 253 g/mol. The monoisotopic (exact) mass is 253 g/mol. The van der Waals surface area contributed by atoms with Gasteiger partial charge in [0.2, 0.25) is 0 Å². The van der Waals surface area contributed by atoms with Crippen LogP contribution in [0.1, 0.15) is 46.0 Å². The third-order valence-electron chi connectivity index (χ3n) is 5.11. The van der Waals surface area contributed by atoms with Crippen molar-refractivity contribution in [3.8, 4) is 0 Å². The van der Waals surface area contributed by atoms with Crippen LogP contribution in [-0.4, -0.2) is 38.0 Å². The van der Waals surface area contributed by atoms with Crippen LogP contribution in [0.2, 0.25) is 0 Å². The smallest absolute Gasteiger partial charge is 0.0840 e. The van der Waals surface area contributed by atoms with Gasteiger partial charge < -0.3 is 14.8 Å². The summed E-state index contributed by atoms with van der Waals surface area (Å²) < 4.78 is 11.8. The molecule has 0 amide bonds. The highest BCUT2D eigenvalue weighted by atomic mass is 16.5. The van der Waals surface area contributed by atoms with Gasteiger partial charge in [-0.15, -0.1) is 0 Å². The fraction of sp³-hybridized carbons (Fsp3) is 1.00. The predicted octanol–water partition coefficient (Wildman–Crippen LogP) is 2.35. The summed E-state index contributed by atoms with van der Waals surface area (Å²) in [5.74, 6) is 0.741. The maximum atomic E-state index is 6.28. The molecule has 1 saturated carbocycles. The maximum Gasteiger partial charge on any atom is 0.0840 e. The van der Waals surface area contributed by atoms with Gasteiger partial charge in [-0.05, 0) is 43.4 Å². The minimum atomic E-state index is 0.115. The van der Waals surface area contributed by atoms with Gasteiger partial charge in [0.05, 0.1) is 12.2 Å². The Balaban J connectivity index is 1.69. The Morgan fingerprint density at radius 2 is 2.11 bits per heavy atom. The van der Waals surface area contributed by atoms with Crippen molar-refractivity contribution in [2.45, 2.75) is 57.6 Å². The zero-order chi connectivity index (χ0) is 12.6. The third kappa shape index (κ3) is 2.45. The van der Waals surface area contributed by atoms with Gasteiger partial charge >= 0.3 is 0 Å². The van der Waals surface area contributed by atoms with Crippen LogP contribution < -0.4 is 5.32 Å². The van der Waals surface area contributed by atoms with Crippen molar-refractivity contribution in [1.82, 2.24) is 5.32 Å². The van der Waals surface area contributed by atoms with E-state index in [0.29, 0.717) is 11.5 Å². The molecular formula is C15H27NO2. The zero-order valence-corrected chi connectivity index (χ0v) is 11.8. The molecule has 3 fully saturated rings. The lowest BCUT2D eigenvalue weighted by molar-refractivity contribution is -0.102. The highest BCUT2D eigenvalue weighted by molar-refractivity contribution is 5.04. The lowest BCUT2D eigenvalue weighted by Gasteiger charge is -2.44. The van der Waals surface area contributed by atoms with Crippen LogP contribution in [0.5, 0.6) is 0 Å². The van der Waals surface area contributed by atoms with Gasteiger partial charge in [0.25, 0.3) is 0 Å². The second kappa shape index (κ2) is 4.77. The first-order chi connectivity index (χ1) is 8.60. The number of morpholine rings is 1. The molecule has 0 radical (unpaired) electrons. The molecule has 104 valence electrons. The summed E-state index contributed by atoms with van der Waals surface area (Å²) in [4.78, 5) is 0. The van der Waals surface area contributed by atoms with Gasteiger partial charge in [0, 0.05) is 25.8 Å². The molecular weight excluding hydrogens is 226 g/mol. The lowest BCUT2D eigenvalue weighted by Crippen LogP contribution is -2.57. The first-order valence-corrected chi connectivity index (χ1v) is 7.55. The molecule has 18 heavy (non-hydrogen) atoms. The van der Waals surface area contributed by atoms with Crippen molar-refractivity contribution in [3.63, 3.8) is 0 Å². The number of hydrogen-bond acceptors (Lipinski definition) is 3. The summed E-state index contributed by atoms with van der Waals surface area (Å²) >= 11 is 0. The molecule has 2 heterocycles. The van der Waals surface area contributed by atoms with Crippen molar-refractivity contribution in [3.05, 3.63) is 0 Å². The van der Waals surface area contributed by atoms with Crippen LogP contribution in [0.3, 0.4) is 0 Å². The van der Waals surface area contributed by atoms with Crippen LogP contribution in [0.15, 0.2) is 0 Å². The van der Waals surface area contributed by atoms with Gasteiger partial charge in [0.1, 0.15) is 0 Å². The van der Waals surface area contributed by atoms with Gasteiger partial charge in [-0.1, -0.05) is 13.8 Å². The van der Waals surface area contributed by atoms with Crippen LogP contribution in [0.25, 0.3) is 0 Å². The Bertz CT molecular complexity index is 299. The lowest BCUT2D eigenvalue weighted by atomic mass is 9.81. The minimum absolute atomic E-state index is 0.115. The normalized spacial score (nSPS) is 43.7. The average Bonchev–Trinajstić information content (AvgIpc) is 2.91. The second-order valence-corrected chi connectivity index (χ2v) is 7.23. The zero-order valence-electron chi connectivity index (χ0n) is 11.8. The van der Waals surface area contributed by atoms with E-state index in [9.17, 15) is 0 Å². The van der Waals surface area contributed by atoms with Gasteiger partial charge in [0.15, 0.2) is 0 Å². The number of hydrogen-bond donors (Lipinski definition) is 1. The Labute approximate surface area is 111 Å². The first-order valence-electron chi connectivity index (χ1n) is 7.55. The molecule has 2 aliphatic heterocycles. The molecule has 1 N–H and O–H groups in total. The van der Waals surface area contributed by atoms with E-state index in [4.69, 9.17) is 9.47 Å². The molecule has 0 aromatic carbocycles. The van der Waals surface area contributed by atoms with Gasteiger partial charge in [-0.25, -0.2) is 0 Å². The van der Waals surface area contributed by atoms with E-state index in [0.717, 1.165) is 32.3 Å². The molecule has 1 spiro atoms. The third-order valence-corrected chi connectivity index (χ3v) is 5.11. The summed E-state index contributed by atoms with van der Waals surface area (Å²) in [5, 5.41) is 3.74. The van der Waals surface area contributed by atoms with Crippen molar-refractivity contribution in [2.75, 3.05) is 26.4 Å². The van der Waals surface area contributed by atoms with E-state index in [-0.39, 0.29) is 5.60 Å². The highest BCUT2D eigenvalue weighted by Gasteiger charge is 2.50. The molecule has 0 aromatic rings. The predicted molar refractivity (Wildman–Crippen MR) is 71.6 cm³/mol. The van der Waals surface area contributed by atoms with E-state index in [1.54, 1.807) is 0 Å². The number of nitrogens with one attached hydrogen (secondary N) is 1. The minimum Gasteiger partial charge on any atom is -0.381 e. The molecule has 3 rings (SSSR count). The molecule has 0 bridgehead atoms. The van der Waals surface area contributed by atoms with Gasteiger partial charge in [-0.3, -0.25) is 0 Å². The topological polar surface area (TPSA) is 30.5 Å². The summed E-state index contributed by atoms with van der Waals surface area (Å²) in [7, 11) is 0. The van der Waals surface area contributed by atoms with Crippen LogP contribution >= 0.6 is 0 Å². The van der Waals surface area contributed by atoms with Crippen molar-refractivity contribution >= 4 is 0 Å². The van der Waals surface area contributed by atoms with E-state index >= 15 is 0 Å². The molecule has 3 nitrogen and oxygen atoms in total. The maximum absolute atomic E-state index is 6.28. The van der Waals surface area contributed by atoms with Crippen LogP contribution in [0, 0.1) is 11.3 Å². The van der Waals surface area contributed by atoms with Crippen LogP contribution in [0.4, 0.5) is 0 Å². The Hall–Kier alpha value is -0.120. The largest absolute Gasteiger partial charge is 0.381 e. The molecule has 1 aliphatic carbocycles. The summed E-state index contributed by atoms with van der Waals surface area (Å²) in [6, 6.07) is 0.541. The summed E-state index contributed by atoms with van der Waals surface area (Å²) in [5.41, 5.74) is 0.563.